The summed E-state index contributed by atoms with van der Waals surface area (Å²) in [5, 5.41) is 21.7. The summed E-state index contributed by atoms with van der Waals surface area (Å²) < 4.78 is 13.1. The van der Waals surface area contributed by atoms with Crippen molar-refractivity contribution in [3.63, 3.8) is 0 Å². The molecule has 1 amide bonds. The molecule has 1 unspecified atom stereocenters. The standard InChI is InChI=1S/C11H13FN2O4/c1-7(4-5-15)13-11(16)8-2-3-9(12)10(6-8)14(17)18/h2-3,6-7,15H,4-5H2,1H3,(H,13,16). The average molecular weight is 256 g/mol. The third-order valence-electron chi connectivity index (χ3n) is 2.34. The van der Waals surface area contributed by atoms with Gasteiger partial charge in [0.25, 0.3) is 5.91 Å². The summed E-state index contributed by atoms with van der Waals surface area (Å²) in [6.07, 6.45) is 0.370. The van der Waals surface area contributed by atoms with Crippen LogP contribution in [0.1, 0.15) is 23.7 Å². The van der Waals surface area contributed by atoms with Gasteiger partial charge < -0.3 is 10.4 Å². The molecule has 1 atom stereocenters. The molecule has 0 saturated carbocycles. The number of amides is 1. The number of hydrogen-bond acceptors (Lipinski definition) is 4. The molecule has 1 aromatic carbocycles. The Labute approximate surface area is 103 Å². The van der Waals surface area contributed by atoms with Gasteiger partial charge in [0.05, 0.1) is 4.92 Å². The van der Waals surface area contributed by atoms with Crippen molar-refractivity contribution in [2.75, 3.05) is 6.61 Å². The predicted octanol–water partition coefficient (Wildman–Crippen LogP) is 1.23. The number of nitrogens with one attached hydrogen (secondary N) is 1. The number of aliphatic hydroxyl groups is 1. The van der Waals surface area contributed by atoms with Crippen LogP contribution in [0.15, 0.2) is 18.2 Å². The minimum absolute atomic E-state index is 0.00731. The van der Waals surface area contributed by atoms with Crippen LogP contribution in [-0.4, -0.2) is 28.6 Å². The highest BCUT2D eigenvalue weighted by Gasteiger charge is 2.18. The summed E-state index contributed by atoms with van der Waals surface area (Å²) in [5.74, 6) is -1.53. The first-order valence-corrected chi connectivity index (χ1v) is 5.31. The summed E-state index contributed by atoms with van der Waals surface area (Å²) in [7, 11) is 0. The quantitative estimate of drug-likeness (QED) is 0.612. The first-order valence-electron chi connectivity index (χ1n) is 5.31. The molecule has 0 aromatic heterocycles. The third-order valence-corrected chi connectivity index (χ3v) is 2.34. The number of carbonyl (C=O) groups is 1. The molecule has 2 N–H and O–H groups in total. The second-order valence-electron chi connectivity index (χ2n) is 3.81. The van der Waals surface area contributed by atoms with Crippen LogP contribution in [0.3, 0.4) is 0 Å². The fourth-order valence-electron chi connectivity index (χ4n) is 1.37. The first kappa shape index (κ1) is 14.0. The van der Waals surface area contributed by atoms with Gasteiger partial charge in [-0.25, -0.2) is 0 Å². The molecule has 0 spiro atoms. The van der Waals surface area contributed by atoms with E-state index in [2.05, 4.69) is 5.32 Å². The molecule has 0 radical (unpaired) electrons. The van der Waals surface area contributed by atoms with E-state index in [0.29, 0.717) is 6.42 Å². The van der Waals surface area contributed by atoms with Crippen molar-refractivity contribution in [1.29, 1.82) is 0 Å². The van der Waals surface area contributed by atoms with E-state index in [1.165, 1.54) is 6.07 Å². The normalized spacial score (nSPS) is 11.9. The Kier molecular flexibility index (Phi) is 4.73. The molecular weight excluding hydrogens is 243 g/mol. The highest BCUT2D eigenvalue weighted by Crippen LogP contribution is 2.18. The number of nitrogens with zero attached hydrogens (tertiary/aromatic N) is 1. The topological polar surface area (TPSA) is 92.5 Å². The lowest BCUT2D eigenvalue weighted by atomic mass is 10.1. The molecule has 0 saturated heterocycles. The lowest BCUT2D eigenvalue weighted by molar-refractivity contribution is -0.387. The highest BCUT2D eigenvalue weighted by atomic mass is 19.1. The Balaban J connectivity index is 2.87. The smallest absolute Gasteiger partial charge is 0.305 e. The van der Waals surface area contributed by atoms with Gasteiger partial charge in [-0.1, -0.05) is 0 Å². The van der Waals surface area contributed by atoms with Gasteiger partial charge >= 0.3 is 5.69 Å². The molecule has 1 aromatic rings. The Hall–Kier alpha value is -2.02. The molecule has 98 valence electrons. The molecular formula is C11H13FN2O4. The van der Waals surface area contributed by atoms with E-state index in [1.807, 2.05) is 0 Å². The minimum atomic E-state index is -0.986. The second kappa shape index (κ2) is 6.06. The number of nitro groups is 1. The van der Waals surface area contributed by atoms with Gasteiger partial charge in [-0.05, 0) is 25.5 Å². The monoisotopic (exact) mass is 256 g/mol. The van der Waals surface area contributed by atoms with E-state index in [9.17, 15) is 19.3 Å². The van der Waals surface area contributed by atoms with Gasteiger partial charge in [0.1, 0.15) is 0 Å². The summed E-state index contributed by atoms with van der Waals surface area (Å²) in [6.45, 7) is 1.61. The van der Waals surface area contributed by atoms with Crippen molar-refractivity contribution < 1.29 is 19.2 Å². The first-order chi connectivity index (χ1) is 8.45. The molecule has 0 heterocycles. The number of rotatable bonds is 5. The highest BCUT2D eigenvalue weighted by molar-refractivity contribution is 5.95. The SMILES string of the molecule is CC(CCO)NC(=O)c1ccc(F)c([N+](=O)[O-])c1. The maximum absolute atomic E-state index is 13.1. The molecule has 0 fully saturated rings. The number of halogens is 1. The predicted molar refractivity (Wildman–Crippen MR) is 61.7 cm³/mol. The molecule has 6 nitrogen and oxygen atoms in total. The van der Waals surface area contributed by atoms with Crippen molar-refractivity contribution in [3.05, 3.63) is 39.7 Å². The van der Waals surface area contributed by atoms with Gasteiger partial charge in [0.2, 0.25) is 5.82 Å². The molecule has 0 aliphatic rings. The third kappa shape index (κ3) is 3.49. The number of nitro benzene ring substituents is 1. The van der Waals surface area contributed by atoms with E-state index in [0.717, 1.165) is 12.1 Å². The zero-order valence-corrected chi connectivity index (χ0v) is 9.72. The van der Waals surface area contributed by atoms with Crippen LogP contribution in [0.25, 0.3) is 0 Å². The second-order valence-corrected chi connectivity index (χ2v) is 3.81. The summed E-state index contributed by atoms with van der Waals surface area (Å²) in [5.41, 5.74) is -0.731. The van der Waals surface area contributed by atoms with Gasteiger partial charge in [0.15, 0.2) is 0 Å². The van der Waals surface area contributed by atoms with Crippen LogP contribution in [0, 0.1) is 15.9 Å². The van der Waals surface area contributed by atoms with Gasteiger partial charge in [-0.2, -0.15) is 4.39 Å². The summed E-state index contributed by atoms with van der Waals surface area (Å²) >= 11 is 0. The van der Waals surface area contributed by atoms with E-state index < -0.39 is 22.3 Å². The van der Waals surface area contributed by atoms with E-state index >= 15 is 0 Å². The Morgan fingerprint density at radius 3 is 2.83 bits per heavy atom. The zero-order valence-electron chi connectivity index (χ0n) is 9.72. The number of aliphatic hydroxyl groups excluding tert-OH is 1. The van der Waals surface area contributed by atoms with Crippen molar-refractivity contribution >= 4 is 11.6 Å². The van der Waals surface area contributed by atoms with Crippen LogP contribution < -0.4 is 5.32 Å². The van der Waals surface area contributed by atoms with E-state index in [1.54, 1.807) is 6.92 Å². The lowest BCUT2D eigenvalue weighted by Crippen LogP contribution is -2.33. The van der Waals surface area contributed by atoms with Crippen LogP contribution >= 0.6 is 0 Å². The zero-order chi connectivity index (χ0) is 13.7. The van der Waals surface area contributed by atoms with E-state index in [4.69, 9.17) is 5.11 Å². The fourth-order valence-corrected chi connectivity index (χ4v) is 1.37. The van der Waals surface area contributed by atoms with Gasteiger partial charge in [-0.15, -0.1) is 0 Å². The van der Waals surface area contributed by atoms with Crippen molar-refractivity contribution in [1.82, 2.24) is 5.32 Å². The maximum atomic E-state index is 13.1. The van der Waals surface area contributed by atoms with Gasteiger partial charge in [-0.3, -0.25) is 14.9 Å². The molecule has 0 bridgehead atoms. The fraction of sp³-hybridized carbons (Fsp3) is 0.364. The van der Waals surface area contributed by atoms with E-state index in [-0.39, 0.29) is 18.2 Å². The number of carbonyl (C=O) groups excluding carboxylic acids is 1. The molecule has 18 heavy (non-hydrogen) atoms. The minimum Gasteiger partial charge on any atom is -0.396 e. The van der Waals surface area contributed by atoms with Crippen LogP contribution in [0.4, 0.5) is 10.1 Å². The Bertz CT molecular complexity index is 464. The molecule has 7 heteroatoms. The lowest BCUT2D eigenvalue weighted by Gasteiger charge is -2.12. The van der Waals surface area contributed by atoms with Gasteiger partial charge in [0, 0.05) is 24.3 Å². The number of hydrogen-bond donors (Lipinski definition) is 2. The molecule has 0 aliphatic carbocycles. The summed E-state index contributed by atoms with van der Waals surface area (Å²) in [4.78, 5) is 21.3. The molecule has 0 aliphatic heterocycles. The molecule has 1 rings (SSSR count). The summed E-state index contributed by atoms with van der Waals surface area (Å²) in [6, 6.07) is 2.66. The largest absolute Gasteiger partial charge is 0.396 e. The maximum Gasteiger partial charge on any atom is 0.305 e. The average Bonchev–Trinajstić information content (AvgIpc) is 2.29. The van der Waals surface area contributed by atoms with Crippen molar-refractivity contribution in [2.45, 2.75) is 19.4 Å². The van der Waals surface area contributed by atoms with Crippen LogP contribution in [0.5, 0.6) is 0 Å². The van der Waals surface area contributed by atoms with Crippen LogP contribution in [0.2, 0.25) is 0 Å². The number of benzene rings is 1. The Morgan fingerprint density at radius 1 is 1.61 bits per heavy atom. The Morgan fingerprint density at radius 2 is 2.28 bits per heavy atom. The van der Waals surface area contributed by atoms with Crippen molar-refractivity contribution in [2.24, 2.45) is 0 Å². The van der Waals surface area contributed by atoms with Crippen LogP contribution in [-0.2, 0) is 0 Å². The van der Waals surface area contributed by atoms with Crippen molar-refractivity contribution in [3.8, 4) is 0 Å².